The second kappa shape index (κ2) is 8.84. The van der Waals surface area contributed by atoms with E-state index >= 15 is 0 Å². The monoisotopic (exact) mass is 457 g/mol. The second-order valence-corrected chi connectivity index (χ2v) is 7.85. The van der Waals surface area contributed by atoms with Gasteiger partial charge in [-0.05, 0) is 30.7 Å². The molecule has 0 spiro atoms. The Labute approximate surface area is 194 Å². The van der Waals surface area contributed by atoms with Crippen LogP contribution in [0, 0.1) is 0 Å². The fourth-order valence-electron chi connectivity index (χ4n) is 3.73. The van der Waals surface area contributed by atoms with Gasteiger partial charge in [-0.15, -0.1) is 0 Å². The lowest BCUT2D eigenvalue weighted by molar-refractivity contribution is 0.750. The van der Waals surface area contributed by atoms with Crippen molar-refractivity contribution >= 4 is 28.6 Å². The van der Waals surface area contributed by atoms with Gasteiger partial charge in [0.25, 0.3) is 5.56 Å². The summed E-state index contributed by atoms with van der Waals surface area (Å²) in [6.45, 7) is 2.88. The van der Waals surface area contributed by atoms with Crippen LogP contribution in [0.5, 0.6) is 0 Å². The molecule has 9 heteroatoms. The Kier molecular flexibility index (Phi) is 5.58. The van der Waals surface area contributed by atoms with E-state index in [1.54, 1.807) is 41.7 Å². The zero-order valence-electron chi connectivity index (χ0n) is 17.8. The summed E-state index contributed by atoms with van der Waals surface area (Å²) in [5.74, 6) is 0.435. The van der Waals surface area contributed by atoms with Crippen LogP contribution in [0.3, 0.4) is 0 Å². The normalized spacial score (nSPS) is 11.1. The summed E-state index contributed by atoms with van der Waals surface area (Å²) < 4.78 is 1.64. The Balaban J connectivity index is 1.54. The van der Waals surface area contributed by atoms with E-state index in [0.29, 0.717) is 40.8 Å². The molecule has 4 aromatic heterocycles. The molecule has 5 rings (SSSR count). The van der Waals surface area contributed by atoms with Crippen LogP contribution >= 0.6 is 11.6 Å². The molecule has 0 saturated heterocycles. The van der Waals surface area contributed by atoms with Crippen molar-refractivity contribution in [2.45, 2.75) is 20.0 Å². The molecule has 164 valence electrons. The number of fused-ring (bicyclic) bond motifs is 1. The van der Waals surface area contributed by atoms with Crippen molar-refractivity contribution in [2.24, 2.45) is 0 Å². The number of aromatic amines is 1. The average molecular weight is 458 g/mol. The van der Waals surface area contributed by atoms with Crippen LogP contribution < -0.4 is 10.9 Å². The predicted molar refractivity (Wildman–Crippen MR) is 129 cm³/mol. The highest BCUT2D eigenvalue weighted by Gasteiger charge is 2.15. The standard InChI is InChI=1S/C24H20ClN7O/c1-2-32-22-17(11-28-24(31-22)29-13-18-12-27-14-30-18)8-20(23(32)33)19-6-5-15(9-21(19)25)16-4-3-7-26-10-16/h3-12,14H,2,13H2,1H3,(H,27,30)(H,28,29,31). The van der Waals surface area contributed by atoms with E-state index in [0.717, 1.165) is 22.2 Å². The predicted octanol–water partition coefficient (Wildman–Crippen LogP) is 4.53. The highest BCUT2D eigenvalue weighted by atomic mass is 35.5. The number of halogens is 1. The Morgan fingerprint density at radius 3 is 2.70 bits per heavy atom. The average Bonchev–Trinajstić information content (AvgIpc) is 3.37. The Morgan fingerprint density at radius 1 is 1.06 bits per heavy atom. The van der Waals surface area contributed by atoms with Gasteiger partial charge < -0.3 is 10.3 Å². The SMILES string of the molecule is CCn1c(=O)c(-c2ccc(-c3cccnc3)cc2Cl)cc2cnc(NCc3cnc[nH]3)nc21. The van der Waals surface area contributed by atoms with Crippen molar-refractivity contribution in [3.05, 3.63) is 88.6 Å². The maximum absolute atomic E-state index is 13.4. The van der Waals surface area contributed by atoms with Crippen LogP contribution in [0.1, 0.15) is 12.6 Å². The van der Waals surface area contributed by atoms with Crippen LogP contribution in [0.15, 0.2) is 72.3 Å². The van der Waals surface area contributed by atoms with E-state index in [1.165, 1.54) is 0 Å². The minimum atomic E-state index is -0.153. The first kappa shape index (κ1) is 20.8. The van der Waals surface area contributed by atoms with Gasteiger partial charge in [-0.1, -0.05) is 29.8 Å². The third-order valence-corrected chi connectivity index (χ3v) is 5.70. The third kappa shape index (κ3) is 4.08. The van der Waals surface area contributed by atoms with E-state index in [1.807, 2.05) is 37.3 Å². The number of pyridine rings is 2. The number of imidazole rings is 1. The van der Waals surface area contributed by atoms with Gasteiger partial charge in [-0.3, -0.25) is 14.3 Å². The second-order valence-electron chi connectivity index (χ2n) is 7.45. The van der Waals surface area contributed by atoms with E-state index in [9.17, 15) is 4.79 Å². The molecule has 0 radical (unpaired) electrons. The van der Waals surface area contributed by atoms with Gasteiger partial charge in [0, 0.05) is 58.4 Å². The molecule has 0 saturated carbocycles. The minimum Gasteiger partial charge on any atom is -0.349 e. The molecule has 0 aliphatic heterocycles. The van der Waals surface area contributed by atoms with Gasteiger partial charge in [0.15, 0.2) is 0 Å². The minimum absolute atomic E-state index is 0.153. The fraction of sp³-hybridized carbons (Fsp3) is 0.125. The van der Waals surface area contributed by atoms with Gasteiger partial charge in [-0.2, -0.15) is 4.98 Å². The van der Waals surface area contributed by atoms with Gasteiger partial charge in [0.05, 0.1) is 18.6 Å². The third-order valence-electron chi connectivity index (χ3n) is 5.39. The lowest BCUT2D eigenvalue weighted by Crippen LogP contribution is -2.22. The van der Waals surface area contributed by atoms with E-state index in [4.69, 9.17) is 11.6 Å². The van der Waals surface area contributed by atoms with Crippen LogP contribution in [0.4, 0.5) is 5.95 Å². The highest BCUT2D eigenvalue weighted by molar-refractivity contribution is 6.33. The first-order valence-electron chi connectivity index (χ1n) is 10.5. The quantitative estimate of drug-likeness (QED) is 0.388. The first-order chi connectivity index (χ1) is 16.1. The molecule has 0 fully saturated rings. The number of benzene rings is 1. The maximum atomic E-state index is 13.4. The molecule has 0 aliphatic rings. The molecular weight excluding hydrogens is 438 g/mol. The van der Waals surface area contributed by atoms with Crippen molar-refractivity contribution < 1.29 is 0 Å². The van der Waals surface area contributed by atoms with Crippen LogP contribution in [-0.4, -0.2) is 29.5 Å². The number of aromatic nitrogens is 6. The van der Waals surface area contributed by atoms with Crippen molar-refractivity contribution in [2.75, 3.05) is 5.32 Å². The summed E-state index contributed by atoms with van der Waals surface area (Å²) in [4.78, 5) is 33.5. The van der Waals surface area contributed by atoms with Gasteiger partial charge in [-0.25, -0.2) is 9.97 Å². The summed E-state index contributed by atoms with van der Waals surface area (Å²) in [5.41, 5.74) is 4.39. The Bertz CT molecular complexity index is 1480. The lowest BCUT2D eigenvalue weighted by Gasteiger charge is -2.13. The molecule has 0 bridgehead atoms. The highest BCUT2D eigenvalue weighted by Crippen LogP contribution is 2.31. The number of nitrogens with zero attached hydrogens (tertiary/aromatic N) is 5. The Hall–Kier alpha value is -4.04. The van der Waals surface area contributed by atoms with E-state index in [2.05, 4.69) is 30.2 Å². The van der Waals surface area contributed by atoms with Crippen molar-refractivity contribution in [1.29, 1.82) is 0 Å². The zero-order valence-corrected chi connectivity index (χ0v) is 18.5. The van der Waals surface area contributed by atoms with Gasteiger partial charge >= 0.3 is 0 Å². The molecule has 1 aromatic carbocycles. The molecule has 0 unspecified atom stereocenters. The summed E-state index contributed by atoms with van der Waals surface area (Å²) in [5, 5.41) is 4.40. The van der Waals surface area contributed by atoms with Crippen LogP contribution in [0.2, 0.25) is 5.02 Å². The summed E-state index contributed by atoms with van der Waals surface area (Å²) >= 11 is 6.63. The topological polar surface area (TPSA) is 101 Å². The molecule has 33 heavy (non-hydrogen) atoms. The molecule has 0 aliphatic carbocycles. The molecule has 5 aromatic rings. The number of aryl methyl sites for hydroxylation is 1. The fourth-order valence-corrected chi connectivity index (χ4v) is 4.02. The molecule has 0 atom stereocenters. The van der Waals surface area contributed by atoms with Crippen LogP contribution in [-0.2, 0) is 13.1 Å². The Morgan fingerprint density at radius 2 is 1.97 bits per heavy atom. The number of hydrogen-bond donors (Lipinski definition) is 2. The molecule has 4 heterocycles. The smallest absolute Gasteiger partial charge is 0.260 e. The van der Waals surface area contributed by atoms with Crippen molar-refractivity contribution in [3.63, 3.8) is 0 Å². The first-order valence-corrected chi connectivity index (χ1v) is 10.8. The summed E-state index contributed by atoms with van der Waals surface area (Å²) in [7, 11) is 0. The van der Waals surface area contributed by atoms with Crippen molar-refractivity contribution in [1.82, 2.24) is 29.5 Å². The molecular formula is C24H20ClN7O. The van der Waals surface area contributed by atoms with Gasteiger partial charge in [0.1, 0.15) is 5.65 Å². The largest absolute Gasteiger partial charge is 0.349 e. The summed E-state index contributed by atoms with van der Waals surface area (Å²) in [6, 6.07) is 11.3. The number of rotatable bonds is 6. The maximum Gasteiger partial charge on any atom is 0.260 e. The summed E-state index contributed by atoms with van der Waals surface area (Å²) in [6.07, 6.45) is 8.56. The molecule has 0 amide bonds. The lowest BCUT2D eigenvalue weighted by atomic mass is 10.0. The number of anilines is 1. The zero-order chi connectivity index (χ0) is 22.8. The van der Waals surface area contributed by atoms with Crippen LogP contribution in [0.25, 0.3) is 33.3 Å². The van der Waals surface area contributed by atoms with E-state index < -0.39 is 0 Å². The number of hydrogen-bond acceptors (Lipinski definition) is 6. The van der Waals surface area contributed by atoms with E-state index in [-0.39, 0.29) is 5.56 Å². The van der Waals surface area contributed by atoms with Gasteiger partial charge in [0.2, 0.25) is 5.95 Å². The molecule has 8 nitrogen and oxygen atoms in total. The number of H-pyrrole nitrogens is 1. The van der Waals surface area contributed by atoms with Crippen molar-refractivity contribution in [3.8, 4) is 22.3 Å². The molecule has 2 N–H and O–H groups in total. The number of nitrogens with one attached hydrogen (secondary N) is 2.